The molecule has 128 valence electrons. The van der Waals surface area contributed by atoms with Crippen LogP contribution in [-0.2, 0) is 19.5 Å². The van der Waals surface area contributed by atoms with Gasteiger partial charge < -0.3 is 14.6 Å². The molecule has 0 amide bonds. The van der Waals surface area contributed by atoms with Gasteiger partial charge in [0.2, 0.25) is 0 Å². The Balaban J connectivity index is 1.73. The summed E-state index contributed by atoms with van der Waals surface area (Å²) in [5.74, 6) is -0.238. The topological polar surface area (TPSA) is 45.5 Å². The molecule has 2 heterocycles. The van der Waals surface area contributed by atoms with Crippen molar-refractivity contribution in [1.29, 1.82) is 0 Å². The van der Waals surface area contributed by atoms with Gasteiger partial charge in [0.05, 0.1) is 0 Å². The first-order valence-electron chi connectivity index (χ1n) is 8.68. The summed E-state index contributed by atoms with van der Waals surface area (Å²) >= 11 is 0. The van der Waals surface area contributed by atoms with Gasteiger partial charge in [-0.1, -0.05) is 42.5 Å². The van der Waals surface area contributed by atoms with E-state index in [0.717, 1.165) is 31.6 Å². The van der Waals surface area contributed by atoms with E-state index >= 15 is 0 Å². The second-order valence-corrected chi connectivity index (χ2v) is 6.79. The summed E-state index contributed by atoms with van der Waals surface area (Å²) in [5.41, 5.74) is 5.87. The van der Waals surface area contributed by atoms with Crippen molar-refractivity contribution in [3.05, 3.63) is 70.9 Å². The zero-order chi connectivity index (χ0) is 17.4. The van der Waals surface area contributed by atoms with Crippen molar-refractivity contribution in [2.75, 3.05) is 20.2 Å². The number of Topliss-reactive ketones (excluding diaryl/α,β-unsaturated/α-hetero) is 1. The number of rotatable bonds is 4. The van der Waals surface area contributed by atoms with Gasteiger partial charge in [0.25, 0.3) is 0 Å². The Morgan fingerprint density at radius 3 is 2.64 bits per heavy atom. The Labute approximate surface area is 147 Å². The minimum Gasteiger partial charge on any atom is -0.388 e. The van der Waals surface area contributed by atoms with E-state index in [4.69, 9.17) is 5.11 Å². The van der Waals surface area contributed by atoms with Crippen molar-refractivity contribution in [3.8, 4) is 0 Å². The first-order chi connectivity index (χ1) is 12.2. The number of aliphatic hydroxyl groups is 1. The van der Waals surface area contributed by atoms with Crippen molar-refractivity contribution >= 4 is 16.7 Å². The van der Waals surface area contributed by atoms with Crippen LogP contribution in [0.25, 0.3) is 10.9 Å². The highest BCUT2D eigenvalue weighted by molar-refractivity contribution is 5.96. The van der Waals surface area contributed by atoms with Crippen molar-refractivity contribution < 1.29 is 9.90 Å². The lowest BCUT2D eigenvalue weighted by Gasteiger charge is -2.24. The van der Waals surface area contributed by atoms with Crippen molar-refractivity contribution in [2.24, 2.45) is 0 Å². The van der Waals surface area contributed by atoms with E-state index in [2.05, 4.69) is 40.8 Å². The molecule has 1 N–H and O–H groups in total. The lowest BCUT2D eigenvalue weighted by atomic mass is 10.0. The lowest BCUT2D eigenvalue weighted by molar-refractivity contribution is 0.0903. The number of aromatic nitrogens is 1. The number of hydrogen-bond donors (Lipinski definition) is 1. The smallest absolute Gasteiger partial charge is 0.188 e. The molecule has 0 saturated heterocycles. The SMILES string of the molecule is CN1CCc2c(c3ccccc3n2Cc2ccc(C(=O)CO)cc2)C1. The number of nitrogens with zero attached hydrogens (tertiary/aromatic N) is 2. The van der Waals surface area contributed by atoms with Crippen LogP contribution >= 0.6 is 0 Å². The standard InChI is InChI=1S/C21H22N2O2/c1-22-11-10-20-18(13-22)17-4-2-3-5-19(17)23(20)12-15-6-8-16(9-7-15)21(25)14-24/h2-9,24H,10-14H2,1H3. The minimum absolute atomic E-state index is 0.238. The summed E-state index contributed by atoms with van der Waals surface area (Å²) in [6.07, 6.45) is 1.06. The molecule has 4 heteroatoms. The summed E-state index contributed by atoms with van der Waals surface area (Å²) in [6, 6.07) is 16.2. The minimum atomic E-state index is -0.442. The first-order valence-corrected chi connectivity index (χ1v) is 8.68. The number of benzene rings is 2. The molecule has 4 nitrogen and oxygen atoms in total. The van der Waals surface area contributed by atoms with Crippen molar-refractivity contribution in [3.63, 3.8) is 0 Å². The molecule has 1 aliphatic rings. The monoisotopic (exact) mass is 334 g/mol. The maximum absolute atomic E-state index is 11.6. The number of ketones is 1. The first kappa shape index (κ1) is 16.1. The van der Waals surface area contributed by atoms with Gasteiger partial charge in [-0.25, -0.2) is 0 Å². The van der Waals surface area contributed by atoms with Gasteiger partial charge in [-0.2, -0.15) is 0 Å². The molecular formula is C21H22N2O2. The molecule has 1 aliphatic heterocycles. The third-order valence-electron chi connectivity index (χ3n) is 5.11. The maximum atomic E-state index is 11.6. The fourth-order valence-corrected chi connectivity index (χ4v) is 3.79. The molecule has 0 unspecified atom stereocenters. The lowest BCUT2D eigenvalue weighted by Crippen LogP contribution is -2.27. The fraction of sp³-hybridized carbons (Fsp3) is 0.286. The van der Waals surface area contributed by atoms with E-state index < -0.39 is 6.61 Å². The summed E-state index contributed by atoms with van der Waals surface area (Å²) < 4.78 is 2.42. The predicted molar refractivity (Wildman–Crippen MR) is 98.9 cm³/mol. The molecule has 2 aromatic carbocycles. The summed E-state index contributed by atoms with van der Waals surface area (Å²) in [4.78, 5) is 13.9. The number of carbonyl (C=O) groups is 1. The van der Waals surface area contributed by atoms with Crippen LogP contribution < -0.4 is 0 Å². The van der Waals surface area contributed by atoms with Crippen LogP contribution in [0, 0.1) is 0 Å². The van der Waals surface area contributed by atoms with E-state index in [1.54, 1.807) is 12.1 Å². The highest BCUT2D eigenvalue weighted by Crippen LogP contribution is 2.31. The number of likely N-dealkylation sites (N-methyl/N-ethyl adjacent to an activating group) is 1. The van der Waals surface area contributed by atoms with Gasteiger partial charge in [0, 0.05) is 48.2 Å². The molecule has 0 spiro atoms. The van der Waals surface area contributed by atoms with Gasteiger partial charge in [-0.3, -0.25) is 4.79 Å². The van der Waals surface area contributed by atoms with Crippen LogP contribution in [0.5, 0.6) is 0 Å². The molecule has 0 atom stereocenters. The Kier molecular flexibility index (Phi) is 4.15. The second kappa shape index (κ2) is 6.47. The van der Waals surface area contributed by atoms with Crippen LogP contribution in [0.15, 0.2) is 48.5 Å². The Bertz CT molecular complexity index is 925. The zero-order valence-electron chi connectivity index (χ0n) is 14.4. The van der Waals surface area contributed by atoms with Crippen LogP contribution in [-0.4, -0.2) is 40.6 Å². The van der Waals surface area contributed by atoms with Crippen LogP contribution in [0.3, 0.4) is 0 Å². The summed E-state index contributed by atoms with van der Waals surface area (Å²) in [6.45, 7) is 2.43. The van der Waals surface area contributed by atoms with Gasteiger partial charge in [0.1, 0.15) is 6.61 Å². The zero-order valence-corrected chi connectivity index (χ0v) is 14.4. The molecular weight excluding hydrogens is 312 g/mol. The molecule has 0 saturated carbocycles. The summed E-state index contributed by atoms with van der Waals surface area (Å²) in [7, 11) is 2.17. The number of fused-ring (bicyclic) bond motifs is 3. The maximum Gasteiger partial charge on any atom is 0.188 e. The van der Waals surface area contributed by atoms with Gasteiger partial charge in [-0.15, -0.1) is 0 Å². The van der Waals surface area contributed by atoms with Crippen molar-refractivity contribution in [2.45, 2.75) is 19.5 Å². The molecule has 4 rings (SSSR count). The third-order valence-corrected chi connectivity index (χ3v) is 5.11. The van der Waals surface area contributed by atoms with Crippen molar-refractivity contribution in [1.82, 2.24) is 9.47 Å². The van der Waals surface area contributed by atoms with Crippen LogP contribution in [0.2, 0.25) is 0 Å². The third kappa shape index (κ3) is 2.88. The Morgan fingerprint density at radius 2 is 1.88 bits per heavy atom. The fourth-order valence-electron chi connectivity index (χ4n) is 3.79. The van der Waals surface area contributed by atoms with E-state index in [0.29, 0.717) is 5.56 Å². The van der Waals surface area contributed by atoms with E-state index in [1.165, 1.54) is 22.2 Å². The number of hydrogen-bond acceptors (Lipinski definition) is 3. The molecule has 3 aromatic rings. The number of para-hydroxylation sites is 1. The molecule has 0 fully saturated rings. The molecule has 0 aliphatic carbocycles. The highest BCUT2D eigenvalue weighted by Gasteiger charge is 2.22. The van der Waals surface area contributed by atoms with E-state index in [-0.39, 0.29) is 5.78 Å². The Morgan fingerprint density at radius 1 is 1.12 bits per heavy atom. The molecule has 0 radical (unpaired) electrons. The predicted octanol–water partition coefficient (Wildman–Crippen LogP) is 2.85. The average Bonchev–Trinajstić information content (AvgIpc) is 2.95. The molecule has 25 heavy (non-hydrogen) atoms. The van der Waals surface area contributed by atoms with Crippen LogP contribution in [0.1, 0.15) is 27.2 Å². The number of carbonyl (C=O) groups excluding carboxylic acids is 1. The van der Waals surface area contributed by atoms with Gasteiger partial charge >= 0.3 is 0 Å². The quantitative estimate of drug-likeness (QED) is 0.746. The van der Waals surface area contributed by atoms with Gasteiger partial charge in [0.15, 0.2) is 5.78 Å². The van der Waals surface area contributed by atoms with E-state index in [1.807, 2.05) is 12.1 Å². The second-order valence-electron chi connectivity index (χ2n) is 6.79. The largest absolute Gasteiger partial charge is 0.388 e. The Hall–Kier alpha value is -2.43. The van der Waals surface area contributed by atoms with Crippen LogP contribution in [0.4, 0.5) is 0 Å². The summed E-state index contributed by atoms with van der Waals surface area (Å²) in [5, 5.41) is 10.3. The van der Waals surface area contributed by atoms with E-state index in [9.17, 15) is 4.79 Å². The average molecular weight is 334 g/mol. The molecule has 0 bridgehead atoms. The normalized spacial score (nSPS) is 14.6. The number of aliphatic hydroxyl groups excluding tert-OH is 1. The highest BCUT2D eigenvalue weighted by atomic mass is 16.3. The van der Waals surface area contributed by atoms with Gasteiger partial charge in [-0.05, 0) is 24.2 Å². The molecule has 1 aromatic heterocycles.